The van der Waals surface area contributed by atoms with Crippen molar-refractivity contribution in [1.29, 1.82) is 0 Å². The minimum atomic E-state index is -2.36. The fraction of sp³-hybridized carbons (Fsp3) is 0.619. The smallest absolute Gasteiger partial charge is 0.316 e. The SMILES string of the molecule is CC[C@@H]([C@H](CC(C)C)C(=O)Oc1c(F)c(F)c(F)c(F)c1F)N(C=O)OC1CCCCO1. The lowest BCUT2D eigenvalue weighted by Gasteiger charge is -2.35. The van der Waals surface area contributed by atoms with Crippen molar-refractivity contribution in [1.82, 2.24) is 5.06 Å². The summed E-state index contributed by atoms with van der Waals surface area (Å²) in [6, 6.07) is -0.936. The number of halogens is 5. The molecular weight excluding hydrogens is 441 g/mol. The van der Waals surface area contributed by atoms with Crippen LogP contribution in [0.15, 0.2) is 0 Å². The number of carbonyl (C=O) groups excluding carboxylic acids is 2. The molecule has 1 aliphatic rings. The van der Waals surface area contributed by atoms with Crippen LogP contribution in [0.1, 0.15) is 52.9 Å². The topological polar surface area (TPSA) is 65.1 Å². The number of esters is 1. The van der Waals surface area contributed by atoms with Crippen LogP contribution in [-0.4, -0.2) is 36.4 Å². The van der Waals surface area contributed by atoms with Crippen molar-refractivity contribution in [2.45, 2.75) is 65.2 Å². The van der Waals surface area contributed by atoms with Crippen molar-refractivity contribution in [3.05, 3.63) is 29.1 Å². The summed E-state index contributed by atoms with van der Waals surface area (Å²) in [5.74, 6) is -15.6. The van der Waals surface area contributed by atoms with Crippen LogP contribution < -0.4 is 4.74 Å². The maximum atomic E-state index is 14.0. The van der Waals surface area contributed by atoms with Gasteiger partial charge in [0.2, 0.25) is 41.2 Å². The van der Waals surface area contributed by atoms with Gasteiger partial charge >= 0.3 is 5.97 Å². The molecule has 0 aliphatic carbocycles. The summed E-state index contributed by atoms with van der Waals surface area (Å²) in [5.41, 5.74) is 0. The largest absolute Gasteiger partial charge is 0.420 e. The van der Waals surface area contributed by atoms with Crippen LogP contribution in [0.2, 0.25) is 0 Å². The molecule has 32 heavy (non-hydrogen) atoms. The molecule has 0 bridgehead atoms. The minimum absolute atomic E-state index is 0.0892. The highest BCUT2D eigenvalue weighted by Gasteiger charge is 2.37. The Morgan fingerprint density at radius 1 is 1.09 bits per heavy atom. The summed E-state index contributed by atoms with van der Waals surface area (Å²) in [4.78, 5) is 30.1. The van der Waals surface area contributed by atoms with E-state index in [9.17, 15) is 31.5 Å². The monoisotopic (exact) mass is 467 g/mol. The van der Waals surface area contributed by atoms with Gasteiger partial charge in [0.15, 0.2) is 6.29 Å². The molecule has 1 aromatic carbocycles. The molecule has 1 saturated heterocycles. The zero-order valence-electron chi connectivity index (χ0n) is 18.0. The summed E-state index contributed by atoms with van der Waals surface area (Å²) in [6.45, 7) is 5.58. The van der Waals surface area contributed by atoms with Gasteiger partial charge in [-0.15, -0.1) is 0 Å². The summed E-state index contributed by atoms with van der Waals surface area (Å²) >= 11 is 0. The molecule has 11 heteroatoms. The molecule has 6 nitrogen and oxygen atoms in total. The predicted molar refractivity (Wildman–Crippen MR) is 101 cm³/mol. The first kappa shape index (κ1) is 26.0. The Morgan fingerprint density at radius 3 is 2.16 bits per heavy atom. The second-order valence-corrected chi connectivity index (χ2v) is 7.90. The van der Waals surface area contributed by atoms with Gasteiger partial charge in [-0.1, -0.05) is 20.8 Å². The molecular formula is C21H26F5NO5. The third-order valence-electron chi connectivity index (χ3n) is 5.09. The lowest BCUT2D eigenvalue weighted by Crippen LogP contribution is -2.46. The summed E-state index contributed by atoms with van der Waals surface area (Å²) in [6.07, 6.45) is 2.07. The van der Waals surface area contributed by atoms with Crippen molar-refractivity contribution >= 4 is 12.4 Å². The maximum absolute atomic E-state index is 14.0. The summed E-state index contributed by atoms with van der Waals surface area (Å²) in [7, 11) is 0. The highest BCUT2D eigenvalue weighted by atomic mass is 19.2. The molecule has 0 radical (unpaired) electrons. The Labute approximate surface area is 182 Å². The first-order valence-electron chi connectivity index (χ1n) is 10.4. The van der Waals surface area contributed by atoms with E-state index in [1.807, 2.05) is 0 Å². The molecule has 0 saturated carbocycles. The van der Waals surface area contributed by atoms with Gasteiger partial charge in [-0.05, 0) is 31.6 Å². The van der Waals surface area contributed by atoms with Crippen molar-refractivity contribution in [2.75, 3.05) is 6.61 Å². The third-order valence-corrected chi connectivity index (χ3v) is 5.09. The molecule has 1 unspecified atom stereocenters. The van der Waals surface area contributed by atoms with Crippen LogP contribution in [0.3, 0.4) is 0 Å². The molecule has 1 heterocycles. The van der Waals surface area contributed by atoms with Gasteiger partial charge in [-0.2, -0.15) is 8.78 Å². The number of amides is 1. The van der Waals surface area contributed by atoms with Gasteiger partial charge in [0, 0.05) is 13.0 Å². The average Bonchev–Trinajstić information content (AvgIpc) is 2.78. The number of carbonyl (C=O) groups is 2. The molecule has 180 valence electrons. The maximum Gasteiger partial charge on any atom is 0.316 e. The number of hydroxylamine groups is 2. The zero-order chi connectivity index (χ0) is 24.0. The van der Waals surface area contributed by atoms with Crippen molar-refractivity contribution < 1.29 is 45.9 Å². The van der Waals surface area contributed by atoms with Crippen LogP contribution >= 0.6 is 0 Å². The van der Waals surface area contributed by atoms with Crippen LogP contribution in [0.4, 0.5) is 22.0 Å². The fourth-order valence-corrected chi connectivity index (χ4v) is 3.52. The minimum Gasteiger partial charge on any atom is -0.420 e. The van der Waals surface area contributed by atoms with Crippen molar-refractivity contribution in [3.8, 4) is 5.75 Å². The molecule has 1 amide bonds. The molecule has 0 spiro atoms. The molecule has 1 aromatic rings. The van der Waals surface area contributed by atoms with E-state index in [0.717, 1.165) is 17.9 Å². The highest BCUT2D eigenvalue weighted by molar-refractivity contribution is 5.76. The molecule has 1 aliphatic heterocycles. The van der Waals surface area contributed by atoms with E-state index in [4.69, 9.17) is 9.57 Å². The highest BCUT2D eigenvalue weighted by Crippen LogP contribution is 2.32. The Bertz CT molecular complexity index is 787. The summed E-state index contributed by atoms with van der Waals surface area (Å²) in [5, 5.41) is 0.892. The van der Waals surface area contributed by atoms with E-state index in [1.54, 1.807) is 20.8 Å². The number of benzene rings is 1. The number of rotatable bonds is 10. The van der Waals surface area contributed by atoms with Gasteiger partial charge in [0.25, 0.3) is 0 Å². The second-order valence-electron chi connectivity index (χ2n) is 7.90. The molecule has 0 aromatic heterocycles. The lowest BCUT2D eigenvalue weighted by atomic mass is 9.89. The Morgan fingerprint density at radius 2 is 1.69 bits per heavy atom. The van der Waals surface area contributed by atoms with Crippen molar-refractivity contribution in [2.24, 2.45) is 11.8 Å². The molecule has 3 atom stereocenters. The molecule has 1 fully saturated rings. The van der Waals surface area contributed by atoms with Gasteiger partial charge < -0.3 is 9.47 Å². The zero-order valence-corrected chi connectivity index (χ0v) is 18.0. The van der Waals surface area contributed by atoms with Crippen LogP contribution in [0.25, 0.3) is 0 Å². The number of hydrogen-bond donors (Lipinski definition) is 0. The van der Waals surface area contributed by atoms with E-state index in [2.05, 4.69) is 4.74 Å². The predicted octanol–water partition coefficient (Wildman–Crippen LogP) is 4.65. The average molecular weight is 467 g/mol. The lowest BCUT2D eigenvalue weighted by molar-refractivity contribution is -0.290. The number of hydrogen-bond acceptors (Lipinski definition) is 5. The quantitative estimate of drug-likeness (QED) is 0.0954. The Hall–Kier alpha value is -2.27. The summed E-state index contributed by atoms with van der Waals surface area (Å²) < 4.78 is 78.4. The van der Waals surface area contributed by atoms with Crippen LogP contribution in [0, 0.1) is 40.9 Å². The van der Waals surface area contributed by atoms with E-state index >= 15 is 0 Å². The third kappa shape index (κ3) is 5.94. The van der Waals surface area contributed by atoms with E-state index < -0.39 is 59.1 Å². The van der Waals surface area contributed by atoms with Gasteiger partial charge in [-0.3, -0.25) is 9.59 Å². The van der Waals surface area contributed by atoms with Gasteiger partial charge in [-0.25, -0.2) is 23.1 Å². The normalized spacial score (nSPS) is 18.3. The molecule has 0 N–H and O–H groups in total. The van der Waals surface area contributed by atoms with Gasteiger partial charge in [0.05, 0.1) is 12.0 Å². The van der Waals surface area contributed by atoms with Crippen molar-refractivity contribution in [3.63, 3.8) is 0 Å². The number of nitrogens with zero attached hydrogens (tertiary/aromatic N) is 1. The Kier molecular flexibility index (Phi) is 9.38. The van der Waals surface area contributed by atoms with E-state index in [-0.39, 0.29) is 18.8 Å². The van der Waals surface area contributed by atoms with Crippen LogP contribution in [-0.2, 0) is 19.2 Å². The van der Waals surface area contributed by atoms with Crippen LogP contribution in [0.5, 0.6) is 5.75 Å². The Balaban J connectivity index is 2.32. The van der Waals surface area contributed by atoms with E-state index in [0.29, 0.717) is 19.4 Å². The molecule has 2 rings (SSSR count). The van der Waals surface area contributed by atoms with Gasteiger partial charge in [0.1, 0.15) is 0 Å². The first-order valence-corrected chi connectivity index (χ1v) is 10.4. The first-order chi connectivity index (χ1) is 15.1. The van der Waals surface area contributed by atoms with E-state index in [1.165, 1.54) is 0 Å². The fourth-order valence-electron chi connectivity index (χ4n) is 3.52. The second kappa shape index (κ2) is 11.6. The standard InChI is InChI=1S/C21H26F5NO5/c1-4-13(27(10-28)32-14-7-5-6-8-30-14)12(9-11(2)3)21(29)31-20-18(25)16(23)15(22)17(24)19(20)26/h10-14H,4-9H2,1-3H3/t12-,13-,14?/m0/s1. The number of ether oxygens (including phenoxy) is 2.